The first-order chi connectivity index (χ1) is 8.61. The van der Waals surface area contributed by atoms with E-state index < -0.39 is 5.60 Å². The Morgan fingerprint density at radius 2 is 2.00 bits per heavy atom. The zero-order valence-corrected chi connectivity index (χ0v) is 12.1. The van der Waals surface area contributed by atoms with Crippen molar-refractivity contribution >= 4 is 0 Å². The number of nitrogens with one attached hydrogen (secondary N) is 1. The highest BCUT2D eigenvalue weighted by molar-refractivity contribution is 4.87. The highest BCUT2D eigenvalue weighted by Gasteiger charge is 2.31. The van der Waals surface area contributed by atoms with E-state index in [0.717, 1.165) is 25.3 Å². The molecule has 1 saturated carbocycles. The van der Waals surface area contributed by atoms with Gasteiger partial charge in [0.2, 0.25) is 0 Å². The fourth-order valence-corrected chi connectivity index (χ4v) is 3.79. The van der Waals surface area contributed by atoms with E-state index in [1.807, 2.05) is 6.92 Å². The third-order valence-electron chi connectivity index (χ3n) is 4.78. The Morgan fingerprint density at radius 1 is 1.22 bits per heavy atom. The van der Waals surface area contributed by atoms with Crippen molar-refractivity contribution < 1.29 is 5.11 Å². The van der Waals surface area contributed by atoms with Gasteiger partial charge in [0.15, 0.2) is 0 Å². The van der Waals surface area contributed by atoms with Crippen LogP contribution in [0.1, 0.15) is 51.9 Å². The van der Waals surface area contributed by atoms with Gasteiger partial charge in [-0.3, -0.25) is 0 Å². The van der Waals surface area contributed by atoms with Gasteiger partial charge in [-0.05, 0) is 52.1 Å². The largest absolute Gasteiger partial charge is 0.389 e. The second kappa shape index (κ2) is 6.36. The van der Waals surface area contributed by atoms with Crippen molar-refractivity contribution in [3.05, 3.63) is 0 Å². The molecule has 3 nitrogen and oxygen atoms in total. The normalized spacial score (nSPS) is 39.5. The van der Waals surface area contributed by atoms with Crippen molar-refractivity contribution in [1.82, 2.24) is 10.2 Å². The fourth-order valence-electron chi connectivity index (χ4n) is 3.79. The van der Waals surface area contributed by atoms with Gasteiger partial charge in [-0.2, -0.15) is 0 Å². The van der Waals surface area contributed by atoms with Crippen LogP contribution in [0, 0.1) is 5.92 Å². The van der Waals surface area contributed by atoms with E-state index in [2.05, 4.69) is 17.3 Å². The second-order valence-electron chi connectivity index (χ2n) is 6.63. The number of hydrogen-bond donors (Lipinski definition) is 2. The van der Waals surface area contributed by atoms with E-state index in [4.69, 9.17) is 0 Å². The average Bonchev–Trinajstić information content (AvgIpc) is 2.53. The molecule has 0 radical (unpaired) electrons. The molecule has 18 heavy (non-hydrogen) atoms. The zero-order valence-electron chi connectivity index (χ0n) is 12.1. The van der Waals surface area contributed by atoms with Crippen LogP contribution in [0.5, 0.6) is 0 Å². The molecule has 1 aliphatic carbocycles. The van der Waals surface area contributed by atoms with E-state index in [1.165, 1.54) is 45.2 Å². The molecule has 1 saturated heterocycles. The van der Waals surface area contributed by atoms with Gasteiger partial charge in [-0.25, -0.2) is 0 Å². The van der Waals surface area contributed by atoms with Gasteiger partial charge in [0, 0.05) is 19.1 Å². The Bertz CT molecular complexity index is 255. The first kappa shape index (κ1) is 14.3. The maximum atomic E-state index is 10.2. The monoisotopic (exact) mass is 254 g/mol. The molecule has 0 aromatic heterocycles. The highest BCUT2D eigenvalue weighted by atomic mass is 16.3. The van der Waals surface area contributed by atoms with Crippen LogP contribution < -0.4 is 5.32 Å². The van der Waals surface area contributed by atoms with Gasteiger partial charge in [-0.1, -0.05) is 19.3 Å². The Hall–Kier alpha value is -0.120. The summed E-state index contributed by atoms with van der Waals surface area (Å²) in [6, 6.07) is 0.680. The molecule has 0 bridgehead atoms. The molecule has 1 heterocycles. The molecule has 0 amide bonds. The van der Waals surface area contributed by atoms with Gasteiger partial charge >= 0.3 is 0 Å². The standard InChI is InChI=1S/C15H30N2O/c1-15(18)9-6-10-17(12-15)11-13-7-4-3-5-8-14(13)16-2/h13-14,16,18H,3-12H2,1-2H3. The van der Waals surface area contributed by atoms with E-state index in [9.17, 15) is 5.11 Å². The van der Waals surface area contributed by atoms with Crippen LogP contribution in [-0.4, -0.2) is 48.3 Å². The van der Waals surface area contributed by atoms with Crippen molar-refractivity contribution in [2.24, 2.45) is 5.92 Å². The minimum Gasteiger partial charge on any atom is -0.389 e. The molecular weight excluding hydrogens is 224 g/mol. The smallest absolute Gasteiger partial charge is 0.0746 e. The molecule has 3 heteroatoms. The molecule has 2 aliphatic rings. The number of aliphatic hydroxyl groups is 1. The molecule has 2 fully saturated rings. The maximum Gasteiger partial charge on any atom is 0.0746 e. The molecule has 1 aliphatic heterocycles. The lowest BCUT2D eigenvalue weighted by Gasteiger charge is -2.39. The van der Waals surface area contributed by atoms with Gasteiger partial charge in [0.1, 0.15) is 0 Å². The molecule has 2 rings (SSSR count). The van der Waals surface area contributed by atoms with Crippen LogP contribution >= 0.6 is 0 Å². The fraction of sp³-hybridized carbons (Fsp3) is 1.00. The molecule has 0 aromatic rings. The Morgan fingerprint density at radius 3 is 2.72 bits per heavy atom. The first-order valence-corrected chi connectivity index (χ1v) is 7.73. The molecule has 3 atom stereocenters. The van der Waals surface area contributed by atoms with Crippen LogP contribution in [0.2, 0.25) is 0 Å². The van der Waals surface area contributed by atoms with E-state index >= 15 is 0 Å². The molecule has 0 aromatic carbocycles. The third kappa shape index (κ3) is 3.94. The average molecular weight is 254 g/mol. The Balaban J connectivity index is 1.89. The minimum atomic E-state index is -0.460. The lowest BCUT2D eigenvalue weighted by Crippen LogP contribution is -2.49. The lowest BCUT2D eigenvalue weighted by molar-refractivity contribution is -0.0217. The number of rotatable bonds is 3. The SMILES string of the molecule is CNC1CCCCCC1CN1CCCC(C)(O)C1. The van der Waals surface area contributed by atoms with Crippen molar-refractivity contribution in [3.63, 3.8) is 0 Å². The quantitative estimate of drug-likeness (QED) is 0.756. The summed E-state index contributed by atoms with van der Waals surface area (Å²) in [5, 5.41) is 13.7. The van der Waals surface area contributed by atoms with Gasteiger partial charge in [-0.15, -0.1) is 0 Å². The number of piperidine rings is 1. The topological polar surface area (TPSA) is 35.5 Å². The van der Waals surface area contributed by atoms with E-state index in [1.54, 1.807) is 0 Å². The summed E-state index contributed by atoms with van der Waals surface area (Å²) >= 11 is 0. The summed E-state index contributed by atoms with van der Waals surface area (Å²) in [7, 11) is 2.11. The van der Waals surface area contributed by atoms with E-state index in [-0.39, 0.29) is 0 Å². The summed E-state index contributed by atoms with van der Waals surface area (Å²) in [6.45, 7) is 5.19. The second-order valence-corrected chi connectivity index (χ2v) is 6.63. The number of likely N-dealkylation sites (tertiary alicyclic amines) is 1. The van der Waals surface area contributed by atoms with Crippen LogP contribution in [0.15, 0.2) is 0 Å². The molecule has 3 unspecified atom stereocenters. The first-order valence-electron chi connectivity index (χ1n) is 7.73. The molecular formula is C15H30N2O. The van der Waals surface area contributed by atoms with Crippen LogP contribution in [0.4, 0.5) is 0 Å². The number of hydrogen-bond acceptors (Lipinski definition) is 3. The van der Waals surface area contributed by atoms with Crippen molar-refractivity contribution in [2.75, 3.05) is 26.7 Å². The summed E-state index contributed by atoms with van der Waals surface area (Å²) in [5.74, 6) is 0.770. The summed E-state index contributed by atoms with van der Waals surface area (Å²) in [4.78, 5) is 2.49. The van der Waals surface area contributed by atoms with Gasteiger partial charge in [0.25, 0.3) is 0 Å². The minimum absolute atomic E-state index is 0.460. The predicted octanol–water partition coefficient (Wildman–Crippen LogP) is 2.00. The van der Waals surface area contributed by atoms with Gasteiger partial charge < -0.3 is 15.3 Å². The van der Waals surface area contributed by atoms with Crippen LogP contribution in [0.3, 0.4) is 0 Å². The summed E-state index contributed by atoms with van der Waals surface area (Å²) in [5.41, 5.74) is -0.460. The Kier molecular flexibility index (Phi) is 5.05. The molecule has 106 valence electrons. The van der Waals surface area contributed by atoms with Crippen LogP contribution in [0.25, 0.3) is 0 Å². The number of nitrogens with zero attached hydrogens (tertiary/aromatic N) is 1. The van der Waals surface area contributed by atoms with Crippen molar-refractivity contribution in [2.45, 2.75) is 63.5 Å². The summed E-state index contributed by atoms with van der Waals surface area (Å²) < 4.78 is 0. The third-order valence-corrected chi connectivity index (χ3v) is 4.78. The highest BCUT2D eigenvalue weighted by Crippen LogP contribution is 2.27. The lowest BCUT2D eigenvalue weighted by atomic mass is 9.90. The van der Waals surface area contributed by atoms with Crippen LogP contribution in [-0.2, 0) is 0 Å². The maximum absolute atomic E-state index is 10.2. The van der Waals surface area contributed by atoms with Crippen molar-refractivity contribution in [1.29, 1.82) is 0 Å². The summed E-state index contributed by atoms with van der Waals surface area (Å²) in [6.07, 6.45) is 8.93. The van der Waals surface area contributed by atoms with Gasteiger partial charge in [0.05, 0.1) is 5.60 Å². The number of β-amino-alcohol motifs (C(OH)–C–C–N with tert-alkyl or cyclic N) is 1. The molecule has 2 N–H and O–H groups in total. The zero-order chi connectivity index (χ0) is 13.0. The van der Waals surface area contributed by atoms with Crippen molar-refractivity contribution in [3.8, 4) is 0 Å². The Labute approximate surface area is 112 Å². The van der Waals surface area contributed by atoms with E-state index in [0.29, 0.717) is 6.04 Å². The molecule has 0 spiro atoms. The predicted molar refractivity (Wildman–Crippen MR) is 75.7 cm³/mol.